The van der Waals surface area contributed by atoms with E-state index in [4.69, 9.17) is 0 Å². The van der Waals surface area contributed by atoms with Crippen LogP contribution in [-0.2, 0) is 19.5 Å². The zero-order valence-corrected chi connectivity index (χ0v) is 17.4. The van der Waals surface area contributed by atoms with E-state index in [9.17, 15) is 4.79 Å². The summed E-state index contributed by atoms with van der Waals surface area (Å²) in [5.41, 5.74) is 3.22. The molecule has 1 aliphatic rings. The van der Waals surface area contributed by atoms with E-state index in [2.05, 4.69) is 51.1 Å². The monoisotopic (exact) mass is 387 g/mol. The van der Waals surface area contributed by atoms with Gasteiger partial charge in [-0.15, -0.1) is 5.92 Å². The topological polar surface area (TPSA) is 39.8 Å². The van der Waals surface area contributed by atoms with Crippen molar-refractivity contribution in [3.8, 4) is 11.8 Å². The first-order valence-corrected chi connectivity index (χ1v) is 10.8. The summed E-state index contributed by atoms with van der Waals surface area (Å²) in [4.78, 5) is 17.7. The van der Waals surface area contributed by atoms with Crippen molar-refractivity contribution in [1.82, 2.24) is 14.1 Å². The lowest BCUT2D eigenvalue weighted by Crippen LogP contribution is -2.27. The van der Waals surface area contributed by atoms with Gasteiger partial charge in [0, 0.05) is 53.4 Å². The number of hydrogen-bond donors (Lipinski definition) is 0. The second-order valence-corrected chi connectivity index (χ2v) is 7.96. The summed E-state index contributed by atoms with van der Waals surface area (Å²) in [6.45, 7) is 5.58. The van der Waals surface area contributed by atoms with Crippen LogP contribution in [0.4, 0.5) is 0 Å². The van der Waals surface area contributed by atoms with Gasteiger partial charge in [0.1, 0.15) is 5.82 Å². The molecule has 150 valence electrons. The Labute approximate surface area is 172 Å². The van der Waals surface area contributed by atoms with Gasteiger partial charge >= 0.3 is 0 Å². The predicted octanol–water partition coefficient (Wildman–Crippen LogP) is 5.18. The van der Waals surface area contributed by atoms with Crippen molar-refractivity contribution in [3.63, 3.8) is 0 Å². The number of carbonyl (C=O) groups excluding carboxylic acids is 1. The van der Waals surface area contributed by atoms with Gasteiger partial charge in [-0.1, -0.05) is 43.9 Å². The van der Waals surface area contributed by atoms with Gasteiger partial charge in [0.2, 0.25) is 0 Å². The number of hydrogen-bond acceptors (Lipinski definition) is 2. The van der Waals surface area contributed by atoms with Crippen molar-refractivity contribution in [2.75, 3.05) is 0 Å². The molecular weight excluding hydrogens is 358 g/mol. The van der Waals surface area contributed by atoms with Crippen LogP contribution in [0.5, 0.6) is 0 Å². The van der Waals surface area contributed by atoms with Gasteiger partial charge in [0.05, 0.1) is 6.54 Å². The second kappa shape index (κ2) is 8.69. The maximum atomic E-state index is 13.4. The van der Waals surface area contributed by atoms with Gasteiger partial charge < -0.3 is 9.13 Å². The number of ketones is 1. The molecule has 0 spiro atoms. The van der Waals surface area contributed by atoms with Crippen LogP contribution < -0.4 is 0 Å². The molecular formula is C25H29N3O. The number of nitrogens with zero attached hydrogens (tertiary/aromatic N) is 3. The van der Waals surface area contributed by atoms with Crippen LogP contribution in [0.15, 0.2) is 36.7 Å². The highest BCUT2D eigenvalue weighted by atomic mass is 16.1. The van der Waals surface area contributed by atoms with Crippen LogP contribution >= 0.6 is 0 Å². The first-order chi connectivity index (χ1) is 14.2. The summed E-state index contributed by atoms with van der Waals surface area (Å²) in [5, 5.41) is 1.08. The van der Waals surface area contributed by atoms with E-state index in [0.29, 0.717) is 13.1 Å². The second-order valence-electron chi connectivity index (χ2n) is 7.96. The predicted molar refractivity (Wildman–Crippen MR) is 117 cm³/mol. The van der Waals surface area contributed by atoms with Crippen LogP contribution in [0.1, 0.15) is 60.9 Å². The van der Waals surface area contributed by atoms with Gasteiger partial charge in [0.15, 0.2) is 5.78 Å². The summed E-state index contributed by atoms with van der Waals surface area (Å²) in [6, 6.07) is 8.28. The lowest BCUT2D eigenvalue weighted by Gasteiger charge is -2.23. The van der Waals surface area contributed by atoms with Crippen molar-refractivity contribution < 1.29 is 4.79 Å². The quantitative estimate of drug-likeness (QED) is 0.432. The SMILES string of the molecule is CCCCCC#CCn1c2c(c3ccccc31)C(=O)C(Cn1ccnc1C)CC2. The molecule has 1 aliphatic carbocycles. The van der Waals surface area contributed by atoms with Gasteiger partial charge in [-0.2, -0.15) is 0 Å². The highest BCUT2D eigenvalue weighted by Gasteiger charge is 2.32. The molecule has 4 rings (SSSR count). The molecule has 29 heavy (non-hydrogen) atoms. The molecule has 0 amide bonds. The van der Waals surface area contributed by atoms with Crippen molar-refractivity contribution in [3.05, 3.63) is 53.7 Å². The summed E-state index contributed by atoms with van der Waals surface area (Å²) >= 11 is 0. The molecule has 4 nitrogen and oxygen atoms in total. The molecule has 0 saturated carbocycles. The number of benzene rings is 1. The van der Waals surface area contributed by atoms with Gasteiger partial charge in [0.25, 0.3) is 0 Å². The Morgan fingerprint density at radius 2 is 2.07 bits per heavy atom. The molecule has 1 aromatic carbocycles. The van der Waals surface area contributed by atoms with E-state index < -0.39 is 0 Å². The van der Waals surface area contributed by atoms with E-state index >= 15 is 0 Å². The fraction of sp³-hybridized carbons (Fsp3) is 0.440. The number of para-hydroxylation sites is 1. The normalized spacial score (nSPS) is 15.9. The highest BCUT2D eigenvalue weighted by molar-refractivity contribution is 6.11. The molecule has 4 heteroatoms. The van der Waals surface area contributed by atoms with Crippen molar-refractivity contribution in [2.45, 2.75) is 65.5 Å². The smallest absolute Gasteiger partial charge is 0.170 e. The molecule has 0 aliphatic heterocycles. The third-order valence-electron chi connectivity index (χ3n) is 6.03. The number of aryl methyl sites for hydroxylation is 1. The van der Waals surface area contributed by atoms with E-state index in [0.717, 1.165) is 47.2 Å². The lowest BCUT2D eigenvalue weighted by atomic mass is 9.85. The maximum Gasteiger partial charge on any atom is 0.170 e. The number of Topliss-reactive ketones (excluding diaryl/α,β-unsaturated/α-hetero) is 1. The number of aromatic nitrogens is 3. The van der Waals surface area contributed by atoms with Crippen molar-refractivity contribution >= 4 is 16.7 Å². The van der Waals surface area contributed by atoms with Crippen LogP contribution in [-0.4, -0.2) is 19.9 Å². The van der Waals surface area contributed by atoms with E-state index in [1.807, 2.05) is 19.2 Å². The Morgan fingerprint density at radius 3 is 2.86 bits per heavy atom. The number of unbranched alkanes of at least 4 members (excludes halogenated alkanes) is 3. The van der Waals surface area contributed by atoms with Gasteiger partial charge in [-0.25, -0.2) is 4.98 Å². The molecule has 1 unspecified atom stereocenters. The standard InChI is InChI=1S/C25H29N3O/c1-3-4-5-6-7-10-16-28-22-12-9-8-11-21(22)24-23(28)14-13-20(25(24)29)18-27-17-15-26-19(27)2/h8-9,11-12,15,17,20H,3-6,13-14,16,18H2,1-2H3. The Bertz CT molecular complexity index is 1080. The average molecular weight is 388 g/mol. The largest absolute Gasteiger partial charge is 0.334 e. The maximum absolute atomic E-state index is 13.4. The Morgan fingerprint density at radius 1 is 1.21 bits per heavy atom. The van der Waals surface area contributed by atoms with Gasteiger partial charge in [-0.3, -0.25) is 4.79 Å². The molecule has 0 saturated heterocycles. The van der Waals surface area contributed by atoms with Crippen LogP contribution in [0, 0.1) is 24.7 Å². The molecule has 0 radical (unpaired) electrons. The molecule has 1 atom stereocenters. The summed E-state index contributed by atoms with van der Waals surface area (Å²) in [5.74, 6) is 7.91. The number of imidazole rings is 1. The van der Waals surface area contributed by atoms with E-state index in [1.54, 1.807) is 6.20 Å². The van der Waals surface area contributed by atoms with E-state index in [-0.39, 0.29) is 11.7 Å². The van der Waals surface area contributed by atoms with Crippen molar-refractivity contribution in [2.24, 2.45) is 5.92 Å². The fourth-order valence-electron chi connectivity index (χ4n) is 4.41. The van der Waals surface area contributed by atoms with Crippen LogP contribution in [0.3, 0.4) is 0 Å². The molecule has 0 N–H and O–H groups in total. The highest BCUT2D eigenvalue weighted by Crippen LogP contribution is 2.35. The minimum atomic E-state index is 0.00906. The summed E-state index contributed by atoms with van der Waals surface area (Å²) < 4.78 is 4.36. The minimum Gasteiger partial charge on any atom is -0.334 e. The van der Waals surface area contributed by atoms with Crippen LogP contribution in [0.25, 0.3) is 10.9 Å². The molecule has 2 aromatic heterocycles. The minimum absolute atomic E-state index is 0.00906. The summed E-state index contributed by atoms with van der Waals surface area (Å²) in [6.07, 6.45) is 10.2. The lowest BCUT2D eigenvalue weighted by molar-refractivity contribution is 0.0888. The third-order valence-corrected chi connectivity index (χ3v) is 6.03. The molecule has 2 heterocycles. The molecule has 0 fully saturated rings. The Hall–Kier alpha value is -2.80. The number of carbonyl (C=O) groups is 1. The zero-order valence-electron chi connectivity index (χ0n) is 17.4. The first-order valence-electron chi connectivity index (χ1n) is 10.8. The van der Waals surface area contributed by atoms with Gasteiger partial charge in [-0.05, 0) is 32.3 Å². The Balaban J connectivity index is 1.62. The van der Waals surface area contributed by atoms with Crippen LogP contribution in [0.2, 0.25) is 0 Å². The van der Waals surface area contributed by atoms with Crippen molar-refractivity contribution in [1.29, 1.82) is 0 Å². The Kier molecular flexibility index (Phi) is 5.85. The molecule has 3 aromatic rings. The van der Waals surface area contributed by atoms with E-state index in [1.165, 1.54) is 19.3 Å². The number of rotatable bonds is 6. The fourth-order valence-corrected chi connectivity index (χ4v) is 4.41. The molecule has 0 bridgehead atoms. The number of fused-ring (bicyclic) bond motifs is 3. The third kappa shape index (κ3) is 3.87. The first kappa shape index (κ1) is 19.5. The zero-order chi connectivity index (χ0) is 20.2. The summed E-state index contributed by atoms with van der Waals surface area (Å²) in [7, 11) is 0. The average Bonchev–Trinajstić information content (AvgIpc) is 3.28.